The van der Waals surface area contributed by atoms with E-state index in [1.807, 2.05) is 43.0 Å². The first kappa shape index (κ1) is 15.3. The maximum atomic E-state index is 6.32. The average molecular weight is 313 g/mol. The monoisotopic (exact) mass is 312 g/mol. The number of nitrogens with zero attached hydrogens (tertiary/aromatic N) is 3. The van der Waals surface area contributed by atoms with Gasteiger partial charge in [0.15, 0.2) is 0 Å². The quantitative estimate of drug-likeness (QED) is 0.923. The third kappa shape index (κ3) is 3.52. The zero-order valence-electron chi connectivity index (χ0n) is 11.6. The van der Waals surface area contributed by atoms with E-state index >= 15 is 0 Å². The second-order valence-corrected chi connectivity index (χ2v) is 5.78. The Morgan fingerprint density at radius 2 is 1.90 bits per heavy atom. The molecular formula is C14H18Cl2N4. The van der Waals surface area contributed by atoms with Crippen LogP contribution in [0.2, 0.25) is 10.0 Å². The van der Waals surface area contributed by atoms with E-state index in [1.54, 1.807) is 6.20 Å². The van der Waals surface area contributed by atoms with Crippen LogP contribution in [0.15, 0.2) is 30.5 Å². The highest BCUT2D eigenvalue weighted by atomic mass is 35.5. The van der Waals surface area contributed by atoms with E-state index in [0.29, 0.717) is 10.0 Å². The van der Waals surface area contributed by atoms with Crippen LogP contribution < -0.4 is 5.73 Å². The van der Waals surface area contributed by atoms with Crippen molar-refractivity contribution in [2.75, 3.05) is 20.6 Å². The minimum absolute atomic E-state index is 0.315. The van der Waals surface area contributed by atoms with Crippen LogP contribution in [0.4, 0.5) is 0 Å². The van der Waals surface area contributed by atoms with Crippen LogP contribution in [0.1, 0.15) is 17.3 Å². The minimum Gasteiger partial charge on any atom is -0.319 e. The first-order chi connectivity index (χ1) is 9.49. The number of rotatable bonds is 5. The highest BCUT2D eigenvalue weighted by Crippen LogP contribution is 2.27. The van der Waals surface area contributed by atoms with Crippen LogP contribution >= 0.6 is 23.2 Å². The van der Waals surface area contributed by atoms with Crippen LogP contribution in [0, 0.1) is 0 Å². The molecule has 2 rings (SSSR count). The van der Waals surface area contributed by atoms with Gasteiger partial charge in [0.25, 0.3) is 0 Å². The lowest BCUT2D eigenvalue weighted by Gasteiger charge is -2.17. The van der Waals surface area contributed by atoms with E-state index in [9.17, 15) is 0 Å². The summed E-state index contributed by atoms with van der Waals surface area (Å²) < 4.78 is 1.86. The molecule has 6 heteroatoms. The van der Waals surface area contributed by atoms with Crippen molar-refractivity contribution in [1.29, 1.82) is 0 Å². The number of nitrogens with two attached hydrogens (primary N) is 1. The molecule has 0 amide bonds. The molecular weight excluding hydrogens is 295 g/mol. The molecule has 4 nitrogen and oxygen atoms in total. The molecule has 0 aliphatic heterocycles. The fourth-order valence-corrected chi connectivity index (χ4v) is 2.37. The first-order valence-electron chi connectivity index (χ1n) is 6.36. The van der Waals surface area contributed by atoms with Gasteiger partial charge in [-0.3, -0.25) is 4.68 Å². The van der Waals surface area contributed by atoms with Crippen LogP contribution in [0.5, 0.6) is 0 Å². The Morgan fingerprint density at radius 1 is 1.25 bits per heavy atom. The Labute approximate surface area is 129 Å². The highest BCUT2D eigenvalue weighted by Gasteiger charge is 2.18. The van der Waals surface area contributed by atoms with E-state index in [1.165, 1.54) is 0 Å². The van der Waals surface area contributed by atoms with Crippen LogP contribution in [0.3, 0.4) is 0 Å². The van der Waals surface area contributed by atoms with Crippen molar-refractivity contribution in [3.05, 3.63) is 51.8 Å². The number of benzene rings is 1. The van der Waals surface area contributed by atoms with Gasteiger partial charge in [0, 0.05) is 11.6 Å². The predicted molar refractivity (Wildman–Crippen MR) is 83.3 cm³/mol. The van der Waals surface area contributed by atoms with Crippen molar-refractivity contribution in [3.63, 3.8) is 0 Å². The molecule has 2 aromatic rings. The molecule has 2 N–H and O–H groups in total. The molecule has 1 atom stereocenters. The molecule has 0 bridgehead atoms. The molecule has 1 heterocycles. The first-order valence-corrected chi connectivity index (χ1v) is 7.11. The van der Waals surface area contributed by atoms with Crippen molar-refractivity contribution in [2.45, 2.75) is 12.6 Å². The van der Waals surface area contributed by atoms with Gasteiger partial charge in [-0.2, -0.15) is 5.10 Å². The zero-order chi connectivity index (χ0) is 14.7. The third-order valence-corrected chi connectivity index (χ3v) is 3.66. The number of hydrogen-bond donors (Lipinski definition) is 1. The maximum absolute atomic E-state index is 6.32. The lowest BCUT2D eigenvalue weighted by Crippen LogP contribution is -2.23. The average Bonchev–Trinajstić information content (AvgIpc) is 2.77. The van der Waals surface area contributed by atoms with Gasteiger partial charge in [-0.15, -0.1) is 0 Å². The molecule has 0 fully saturated rings. The Kier molecular flexibility index (Phi) is 5.05. The van der Waals surface area contributed by atoms with E-state index in [2.05, 4.69) is 10.00 Å². The van der Waals surface area contributed by atoms with Gasteiger partial charge in [0.1, 0.15) is 0 Å². The Balaban J connectivity index is 2.26. The SMILES string of the molecule is CN(C)CCn1ncc(Cl)c1C(N)c1ccc(Cl)cc1. The van der Waals surface area contributed by atoms with Crippen molar-refractivity contribution >= 4 is 23.2 Å². The molecule has 0 aliphatic carbocycles. The fraction of sp³-hybridized carbons (Fsp3) is 0.357. The van der Waals surface area contributed by atoms with Gasteiger partial charge < -0.3 is 10.6 Å². The van der Waals surface area contributed by atoms with Gasteiger partial charge in [-0.05, 0) is 31.8 Å². The summed E-state index contributed by atoms with van der Waals surface area (Å²) in [6, 6.07) is 7.15. The van der Waals surface area contributed by atoms with Gasteiger partial charge in [-0.25, -0.2) is 0 Å². The van der Waals surface area contributed by atoms with Gasteiger partial charge in [0.05, 0.1) is 29.5 Å². The normalized spacial score (nSPS) is 12.9. The van der Waals surface area contributed by atoms with E-state index < -0.39 is 0 Å². The molecule has 1 unspecified atom stereocenters. The summed E-state index contributed by atoms with van der Waals surface area (Å²) >= 11 is 12.1. The molecule has 0 saturated heterocycles. The van der Waals surface area contributed by atoms with Crippen molar-refractivity contribution in [3.8, 4) is 0 Å². The Bertz CT molecular complexity index is 563. The minimum atomic E-state index is -0.315. The molecule has 1 aromatic carbocycles. The highest BCUT2D eigenvalue weighted by molar-refractivity contribution is 6.31. The molecule has 20 heavy (non-hydrogen) atoms. The van der Waals surface area contributed by atoms with Crippen LogP contribution in [-0.2, 0) is 6.54 Å². The number of hydrogen-bond acceptors (Lipinski definition) is 3. The number of aromatic nitrogens is 2. The fourth-order valence-electron chi connectivity index (χ4n) is 1.98. The Morgan fingerprint density at radius 3 is 2.50 bits per heavy atom. The molecule has 108 valence electrons. The summed E-state index contributed by atoms with van der Waals surface area (Å²) in [5.41, 5.74) is 8.11. The Hall–Kier alpha value is -1.07. The zero-order valence-corrected chi connectivity index (χ0v) is 13.1. The summed E-state index contributed by atoms with van der Waals surface area (Å²) in [6.45, 7) is 1.62. The molecule has 1 aromatic heterocycles. The molecule has 0 saturated carbocycles. The van der Waals surface area contributed by atoms with E-state index in [0.717, 1.165) is 24.3 Å². The summed E-state index contributed by atoms with van der Waals surface area (Å²) in [6.07, 6.45) is 1.64. The summed E-state index contributed by atoms with van der Waals surface area (Å²) in [4.78, 5) is 2.09. The van der Waals surface area contributed by atoms with Crippen LogP contribution in [-0.4, -0.2) is 35.3 Å². The van der Waals surface area contributed by atoms with Crippen LogP contribution in [0.25, 0.3) is 0 Å². The predicted octanol–water partition coefficient (Wildman–Crippen LogP) is 2.80. The smallest absolute Gasteiger partial charge is 0.0837 e. The standard InChI is InChI=1S/C14H18Cl2N4/c1-19(2)7-8-20-14(12(16)9-18-20)13(17)10-3-5-11(15)6-4-10/h3-6,9,13H,7-8,17H2,1-2H3. The van der Waals surface area contributed by atoms with Gasteiger partial charge in [-0.1, -0.05) is 35.3 Å². The maximum Gasteiger partial charge on any atom is 0.0837 e. The van der Waals surface area contributed by atoms with Gasteiger partial charge >= 0.3 is 0 Å². The second-order valence-electron chi connectivity index (χ2n) is 4.93. The van der Waals surface area contributed by atoms with Gasteiger partial charge in [0.2, 0.25) is 0 Å². The molecule has 0 spiro atoms. The summed E-state index contributed by atoms with van der Waals surface area (Å²) in [5, 5.41) is 5.58. The van der Waals surface area contributed by atoms with Crippen molar-refractivity contribution in [2.24, 2.45) is 5.73 Å². The molecule has 0 radical (unpaired) electrons. The topological polar surface area (TPSA) is 47.1 Å². The molecule has 0 aliphatic rings. The van der Waals surface area contributed by atoms with Crippen molar-refractivity contribution < 1.29 is 0 Å². The van der Waals surface area contributed by atoms with Crippen molar-refractivity contribution in [1.82, 2.24) is 14.7 Å². The van der Waals surface area contributed by atoms with E-state index in [4.69, 9.17) is 28.9 Å². The lowest BCUT2D eigenvalue weighted by molar-refractivity contribution is 0.368. The number of halogens is 2. The largest absolute Gasteiger partial charge is 0.319 e. The number of likely N-dealkylation sites (N-methyl/N-ethyl adjacent to an activating group) is 1. The second kappa shape index (κ2) is 6.59. The lowest BCUT2D eigenvalue weighted by atomic mass is 10.0. The summed E-state index contributed by atoms with van der Waals surface area (Å²) in [5.74, 6) is 0. The third-order valence-electron chi connectivity index (χ3n) is 3.12. The summed E-state index contributed by atoms with van der Waals surface area (Å²) in [7, 11) is 4.04. The van der Waals surface area contributed by atoms with E-state index in [-0.39, 0.29) is 6.04 Å².